The van der Waals surface area contributed by atoms with Crippen LogP contribution in [0.1, 0.15) is 113 Å². The topological polar surface area (TPSA) is 6.48 Å². The third-order valence-electron chi connectivity index (χ3n) is 14.2. The van der Waals surface area contributed by atoms with E-state index >= 15 is 0 Å². The minimum absolute atomic E-state index is 0.0355. The highest BCUT2D eigenvalue weighted by molar-refractivity contribution is 7.00. The van der Waals surface area contributed by atoms with E-state index in [9.17, 15) is 0 Å². The lowest BCUT2D eigenvalue weighted by molar-refractivity contribution is 0.403. The van der Waals surface area contributed by atoms with Crippen LogP contribution in [0.5, 0.6) is 0 Å². The van der Waals surface area contributed by atoms with Gasteiger partial charge in [-0.25, -0.2) is 0 Å². The van der Waals surface area contributed by atoms with Gasteiger partial charge in [0.15, 0.2) is 0 Å². The monoisotopic (exact) mass is 812 g/mol. The summed E-state index contributed by atoms with van der Waals surface area (Å²) in [6, 6.07) is 51.0. The van der Waals surface area contributed by atoms with E-state index < -0.39 is 6.85 Å². The van der Waals surface area contributed by atoms with Crippen molar-refractivity contribution in [2.45, 2.75) is 111 Å². The molecule has 7 aromatic carbocycles. The van der Waals surface area contributed by atoms with Crippen molar-refractivity contribution < 1.29 is 4.11 Å². The van der Waals surface area contributed by atoms with Gasteiger partial charge in [0, 0.05) is 38.1 Å². The fraction of sp³-hybridized carbons (Fsp3) is 0.288. The molecule has 0 bridgehead atoms. The lowest BCUT2D eigenvalue weighted by Gasteiger charge is -2.46. The molecule has 62 heavy (non-hydrogen) atoms. The number of rotatable bonds is 4. The molecule has 1 aliphatic carbocycles. The van der Waals surface area contributed by atoms with Crippen LogP contribution in [0.15, 0.2) is 140 Å². The molecule has 3 heteroatoms. The SMILES string of the molecule is [2H]C([2H])([2H])c1cc2c3c(c1)N(c1ccc(C(C)(C)C)cc1-c1ccccc1)c1ccc(C(C)(C)C)cc1B3c1cc3c(cc1N2c1cc(-c2ccccc2)ccc1C)C(C)(C)CC3(C)C. The standard InChI is InChI=1S/C59H61BN2/c1-37-29-53-55-54(30-37)62(51-31-41(24-23-38(51)2)39-19-15-13-16-20-39)52-35-46-45(58(9,10)36-59(46,11)12)34-48(52)60(55)47-33-43(57(6,7)8)26-28-50(47)61(53)49-27-25-42(56(3,4)5)32-44(49)40-21-17-14-18-22-40/h13-35H,36H2,1-12H3/i1D3. The van der Waals surface area contributed by atoms with Crippen molar-refractivity contribution in [3.63, 3.8) is 0 Å². The Hall–Kier alpha value is -5.80. The van der Waals surface area contributed by atoms with Gasteiger partial charge in [0.25, 0.3) is 6.71 Å². The molecule has 310 valence electrons. The first-order valence-corrected chi connectivity index (χ1v) is 22.5. The van der Waals surface area contributed by atoms with Crippen LogP contribution in [0.2, 0.25) is 0 Å². The van der Waals surface area contributed by atoms with Gasteiger partial charge < -0.3 is 9.80 Å². The number of benzene rings is 7. The Balaban J connectivity index is 1.37. The van der Waals surface area contributed by atoms with E-state index in [1.165, 1.54) is 33.2 Å². The maximum absolute atomic E-state index is 9.11. The molecule has 0 aromatic heterocycles. The van der Waals surface area contributed by atoms with Gasteiger partial charge in [-0.2, -0.15) is 0 Å². The summed E-state index contributed by atoms with van der Waals surface area (Å²) in [5.74, 6) is 0. The van der Waals surface area contributed by atoms with E-state index in [2.05, 4.69) is 213 Å². The summed E-state index contributed by atoms with van der Waals surface area (Å²) in [4.78, 5) is 4.83. The molecule has 0 unspecified atom stereocenters. The van der Waals surface area contributed by atoms with Gasteiger partial charge in [0.2, 0.25) is 0 Å². The quantitative estimate of drug-likeness (QED) is 0.163. The van der Waals surface area contributed by atoms with Gasteiger partial charge in [-0.15, -0.1) is 0 Å². The van der Waals surface area contributed by atoms with Crippen LogP contribution in [0.4, 0.5) is 34.1 Å². The molecule has 0 radical (unpaired) electrons. The minimum Gasteiger partial charge on any atom is -0.311 e. The highest BCUT2D eigenvalue weighted by Gasteiger charge is 2.48. The Morgan fingerprint density at radius 3 is 1.66 bits per heavy atom. The van der Waals surface area contributed by atoms with E-state index in [1.807, 2.05) is 12.1 Å². The summed E-state index contributed by atoms with van der Waals surface area (Å²) in [6.07, 6.45) is 1.04. The number of fused-ring (bicyclic) bond motifs is 5. The van der Waals surface area contributed by atoms with Gasteiger partial charge in [0.1, 0.15) is 0 Å². The molecule has 0 fully saturated rings. The Kier molecular flexibility index (Phi) is 8.23. The number of aryl methyl sites for hydroxylation is 2. The summed E-state index contributed by atoms with van der Waals surface area (Å²) in [5.41, 5.74) is 20.6. The molecule has 2 heterocycles. The van der Waals surface area contributed by atoms with Crippen LogP contribution in [-0.2, 0) is 21.7 Å². The van der Waals surface area contributed by atoms with E-state index in [0.29, 0.717) is 5.56 Å². The van der Waals surface area contributed by atoms with Crippen LogP contribution in [-0.4, -0.2) is 6.71 Å². The fourth-order valence-electron chi connectivity index (χ4n) is 11.2. The number of anilines is 6. The normalized spacial score (nSPS) is 16.8. The largest absolute Gasteiger partial charge is 0.311 e. The van der Waals surface area contributed by atoms with Crippen LogP contribution < -0.4 is 26.2 Å². The summed E-state index contributed by atoms with van der Waals surface area (Å²) in [7, 11) is 0. The van der Waals surface area contributed by atoms with Crippen molar-refractivity contribution >= 4 is 57.2 Å². The van der Waals surface area contributed by atoms with Crippen molar-refractivity contribution in [1.29, 1.82) is 0 Å². The highest BCUT2D eigenvalue weighted by Crippen LogP contribution is 2.53. The fourth-order valence-corrected chi connectivity index (χ4v) is 11.2. The molecule has 2 aliphatic heterocycles. The van der Waals surface area contributed by atoms with Crippen molar-refractivity contribution in [1.82, 2.24) is 0 Å². The van der Waals surface area contributed by atoms with Crippen molar-refractivity contribution in [2.24, 2.45) is 0 Å². The van der Waals surface area contributed by atoms with Gasteiger partial charge in [-0.3, -0.25) is 0 Å². The van der Waals surface area contributed by atoms with Gasteiger partial charge in [0.05, 0.1) is 5.69 Å². The van der Waals surface area contributed by atoms with Gasteiger partial charge in [-0.1, -0.05) is 166 Å². The Morgan fingerprint density at radius 2 is 1.05 bits per heavy atom. The second-order valence-corrected chi connectivity index (χ2v) is 21.7. The molecule has 3 aliphatic rings. The minimum atomic E-state index is -2.38. The number of hydrogen-bond donors (Lipinski definition) is 0. The second kappa shape index (κ2) is 13.9. The molecule has 2 nitrogen and oxygen atoms in total. The lowest BCUT2D eigenvalue weighted by Crippen LogP contribution is -2.62. The predicted molar refractivity (Wildman–Crippen MR) is 269 cm³/mol. The van der Waals surface area contributed by atoms with E-state index in [-0.39, 0.29) is 28.4 Å². The molecule has 0 saturated heterocycles. The summed E-state index contributed by atoms with van der Waals surface area (Å²) in [6.45, 7) is 22.9. The molecule has 0 amide bonds. The van der Waals surface area contributed by atoms with Crippen molar-refractivity contribution in [2.75, 3.05) is 9.80 Å². The average Bonchev–Trinajstić information content (AvgIpc) is 3.43. The third-order valence-corrected chi connectivity index (χ3v) is 14.2. The maximum atomic E-state index is 9.11. The summed E-state index contributed by atoms with van der Waals surface area (Å²) < 4.78 is 27.3. The molecule has 10 rings (SSSR count). The van der Waals surface area contributed by atoms with Gasteiger partial charge >= 0.3 is 0 Å². The van der Waals surface area contributed by atoms with Crippen LogP contribution in [0.3, 0.4) is 0 Å². The first-order chi connectivity index (χ1) is 30.5. The Bertz CT molecular complexity index is 3040. The highest BCUT2D eigenvalue weighted by atomic mass is 15.2. The van der Waals surface area contributed by atoms with Gasteiger partial charge in [-0.05, 0) is 151 Å². The number of nitrogens with zero attached hydrogens (tertiary/aromatic N) is 2. The first kappa shape index (κ1) is 36.8. The smallest absolute Gasteiger partial charge is 0.252 e. The maximum Gasteiger partial charge on any atom is 0.252 e. The van der Waals surface area contributed by atoms with Crippen LogP contribution in [0.25, 0.3) is 22.3 Å². The lowest BCUT2D eigenvalue weighted by atomic mass is 9.33. The third kappa shape index (κ3) is 6.37. The molecular formula is C59H61BN2. The van der Waals surface area contributed by atoms with Crippen molar-refractivity contribution in [3.05, 3.63) is 173 Å². The molecule has 0 atom stereocenters. The Morgan fingerprint density at radius 1 is 0.500 bits per heavy atom. The second-order valence-electron chi connectivity index (χ2n) is 21.7. The van der Waals surface area contributed by atoms with Crippen LogP contribution >= 0.6 is 0 Å². The number of hydrogen-bond acceptors (Lipinski definition) is 2. The zero-order valence-electron chi connectivity index (χ0n) is 41.5. The predicted octanol–water partition coefficient (Wildman–Crippen LogP) is 14.3. The van der Waals surface area contributed by atoms with Crippen molar-refractivity contribution in [3.8, 4) is 22.3 Å². The Labute approximate surface area is 376 Å². The molecule has 7 aromatic rings. The molecular weight excluding hydrogens is 747 g/mol. The molecule has 0 N–H and O–H groups in total. The zero-order valence-corrected chi connectivity index (χ0v) is 38.5. The summed E-state index contributed by atoms with van der Waals surface area (Å²) in [5, 5.41) is 0. The average molecular weight is 812 g/mol. The van der Waals surface area contributed by atoms with E-state index in [4.69, 9.17) is 4.11 Å². The van der Waals surface area contributed by atoms with E-state index in [0.717, 1.165) is 73.8 Å². The first-order valence-electron chi connectivity index (χ1n) is 24.0. The molecule has 0 saturated carbocycles. The van der Waals surface area contributed by atoms with Crippen LogP contribution in [0, 0.1) is 13.8 Å². The van der Waals surface area contributed by atoms with E-state index in [1.54, 1.807) is 0 Å². The summed E-state index contributed by atoms with van der Waals surface area (Å²) >= 11 is 0. The molecule has 0 spiro atoms. The zero-order chi connectivity index (χ0) is 46.2.